The summed E-state index contributed by atoms with van der Waals surface area (Å²) in [6.45, 7) is 20.1. The quantitative estimate of drug-likeness (QED) is 0.574. The molecule has 1 amide bonds. The molecule has 28 heavy (non-hydrogen) atoms. The average Bonchev–Trinajstić information content (AvgIpc) is 2.74. The van der Waals surface area contributed by atoms with Crippen LogP contribution in [0, 0.1) is 5.92 Å². The van der Waals surface area contributed by atoms with Crippen LogP contribution in [0.1, 0.15) is 73.1 Å². The van der Waals surface area contributed by atoms with Crippen LogP contribution in [0.25, 0.3) is 0 Å². The molecule has 2 aliphatic heterocycles. The van der Waals surface area contributed by atoms with Crippen molar-refractivity contribution in [3.8, 4) is 0 Å². The van der Waals surface area contributed by atoms with Crippen LogP contribution in [-0.4, -0.2) is 85.6 Å². The van der Waals surface area contributed by atoms with Crippen molar-refractivity contribution in [2.45, 2.75) is 79.2 Å². The zero-order chi connectivity index (χ0) is 20.8. The Morgan fingerprint density at radius 1 is 0.964 bits per heavy atom. The molecule has 0 aromatic carbocycles. The Balaban J connectivity index is 0.00000190. The first kappa shape index (κ1) is 25.4. The molecular weight excluding hydrogens is 348 g/mol. The van der Waals surface area contributed by atoms with Gasteiger partial charge in [-0.05, 0) is 90.3 Å². The Morgan fingerprint density at radius 2 is 1.54 bits per heavy atom. The van der Waals surface area contributed by atoms with E-state index in [0.29, 0.717) is 18.5 Å². The van der Waals surface area contributed by atoms with Crippen molar-refractivity contribution >= 4 is 5.91 Å². The van der Waals surface area contributed by atoms with Crippen molar-refractivity contribution in [3.05, 3.63) is 0 Å². The number of carbonyl (C=O) groups excluding carboxylic acids is 1. The van der Waals surface area contributed by atoms with Gasteiger partial charge in [-0.25, -0.2) is 0 Å². The van der Waals surface area contributed by atoms with Gasteiger partial charge in [0.2, 0.25) is 5.91 Å². The van der Waals surface area contributed by atoms with Crippen LogP contribution < -0.4 is 5.32 Å². The first-order valence-corrected chi connectivity index (χ1v) is 12.1. The highest BCUT2D eigenvalue weighted by Gasteiger charge is 2.27. The van der Waals surface area contributed by atoms with Gasteiger partial charge in [0.25, 0.3) is 0 Å². The summed E-state index contributed by atoms with van der Waals surface area (Å²) in [6, 6.07) is 0.445. The molecule has 2 saturated heterocycles. The van der Waals surface area contributed by atoms with Gasteiger partial charge in [0.1, 0.15) is 0 Å². The molecule has 0 aliphatic carbocycles. The van der Waals surface area contributed by atoms with Gasteiger partial charge >= 0.3 is 0 Å². The maximum atomic E-state index is 13.1. The predicted molar refractivity (Wildman–Crippen MR) is 121 cm³/mol. The monoisotopic (exact) mass is 396 g/mol. The molecule has 1 N–H and O–H groups in total. The number of amides is 1. The van der Waals surface area contributed by atoms with E-state index in [2.05, 4.69) is 40.8 Å². The van der Waals surface area contributed by atoms with Crippen molar-refractivity contribution in [1.82, 2.24) is 20.0 Å². The molecule has 0 aromatic heterocycles. The van der Waals surface area contributed by atoms with Crippen LogP contribution in [0.3, 0.4) is 0 Å². The summed E-state index contributed by atoms with van der Waals surface area (Å²) in [7, 11) is 0. The Bertz CT molecular complexity index is 386. The van der Waals surface area contributed by atoms with Gasteiger partial charge in [-0.2, -0.15) is 0 Å². The second-order valence-electron chi connectivity index (χ2n) is 8.26. The van der Waals surface area contributed by atoms with E-state index in [1.807, 2.05) is 13.8 Å². The lowest BCUT2D eigenvalue weighted by atomic mass is 9.99. The van der Waals surface area contributed by atoms with Gasteiger partial charge in [-0.15, -0.1) is 0 Å². The zero-order valence-electron chi connectivity index (χ0n) is 19.5. The third kappa shape index (κ3) is 9.23. The summed E-state index contributed by atoms with van der Waals surface area (Å²) in [5, 5.41) is 3.44. The van der Waals surface area contributed by atoms with Crippen LogP contribution in [0.5, 0.6) is 0 Å². The largest absolute Gasteiger partial charge is 0.339 e. The molecule has 166 valence electrons. The standard InChI is InChI=1S/C21H42N4O.C2H6/c1-4-23(5-2)14-6-7-15-25(20-8-12-22-13-9-20)21(26)18-24-16-10-19(3)11-17-24;1-2/h19-20,22H,4-18H2,1-3H3;1-2H3. The predicted octanol–water partition coefficient (Wildman–Crippen LogP) is 3.45. The van der Waals surface area contributed by atoms with Gasteiger partial charge in [-0.1, -0.05) is 34.6 Å². The molecular formula is C23H48N4O. The van der Waals surface area contributed by atoms with E-state index in [4.69, 9.17) is 0 Å². The Morgan fingerprint density at radius 3 is 2.11 bits per heavy atom. The lowest BCUT2D eigenvalue weighted by Gasteiger charge is -2.37. The number of hydrogen-bond acceptors (Lipinski definition) is 4. The van der Waals surface area contributed by atoms with Gasteiger partial charge in [0.15, 0.2) is 0 Å². The lowest BCUT2D eigenvalue weighted by Crippen LogP contribution is -2.50. The molecule has 0 aromatic rings. The summed E-state index contributed by atoms with van der Waals surface area (Å²) in [5.74, 6) is 1.19. The van der Waals surface area contributed by atoms with Crippen LogP contribution in [0.2, 0.25) is 0 Å². The smallest absolute Gasteiger partial charge is 0.236 e. The van der Waals surface area contributed by atoms with Crippen LogP contribution in [-0.2, 0) is 4.79 Å². The third-order valence-electron chi connectivity index (χ3n) is 6.32. The highest BCUT2D eigenvalue weighted by Crippen LogP contribution is 2.18. The molecule has 0 saturated carbocycles. The minimum absolute atomic E-state index is 0.370. The summed E-state index contributed by atoms with van der Waals surface area (Å²) in [5.41, 5.74) is 0. The number of piperidine rings is 2. The minimum atomic E-state index is 0.370. The first-order valence-electron chi connectivity index (χ1n) is 12.1. The van der Waals surface area contributed by atoms with E-state index in [9.17, 15) is 4.79 Å². The minimum Gasteiger partial charge on any atom is -0.339 e. The maximum absolute atomic E-state index is 13.1. The second kappa shape index (κ2) is 15.2. The van der Waals surface area contributed by atoms with Crippen LogP contribution in [0.15, 0.2) is 0 Å². The Labute approximate surface area is 175 Å². The summed E-state index contributed by atoms with van der Waals surface area (Å²) in [4.78, 5) is 20.2. The fourth-order valence-electron chi connectivity index (χ4n) is 4.29. The first-order chi connectivity index (χ1) is 13.6. The van der Waals surface area contributed by atoms with E-state index in [0.717, 1.165) is 77.5 Å². The van der Waals surface area contributed by atoms with E-state index in [1.165, 1.54) is 19.3 Å². The maximum Gasteiger partial charge on any atom is 0.236 e. The third-order valence-corrected chi connectivity index (χ3v) is 6.32. The van der Waals surface area contributed by atoms with E-state index < -0.39 is 0 Å². The van der Waals surface area contributed by atoms with E-state index in [1.54, 1.807) is 0 Å². The molecule has 2 aliphatic rings. The molecule has 0 atom stereocenters. The van der Waals surface area contributed by atoms with E-state index in [-0.39, 0.29) is 0 Å². The number of hydrogen-bond donors (Lipinski definition) is 1. The fraction of sp³-hybridized carbons (Fsp3) is 0.957. The second-order valence-corrected chi connectivity index (χ2v) is 8.26. The number of unbranched alkanes of at least 4 members (excludes halogenated alkanes) is 1. The van der Waals surface area contributed by atoms with Crippen molar-refractivity contribution in [3.63, 3.8) is 0 Å². The molecule has 0 spiro atoms. The lowest BCUT2D eigenvalue weighted by molar-refractivity contribution is -0.135. The molecule has 2 rings (SSSR count). The van der Waals surface area contributed by atoms with Crippen LogP contribution >= 0.6 is 0 Å². The van der Waals surface area contributed by atoms with Crippen molar-refractivity contribution < 1.29 is 4.79 Å². The molecule has 0 radical (unpaired) electrons. The molecule has 5 heteroatoms. The number of nitrogens with one attached hydrogen (secondary N) is 1. The topological polar surface area (TPSA) is 38.8 Å². The van der Waals surface area contributed by atoms with Crippen molar-refractivity contribution in [1.29, 1.82) is 0 Å². The molecule has 2 fully saturated rings. The molecule has 0 bridgehead atoms. The normalized spacial score (nSPS) is 19.4. The number of nitrogens with zero attached hydrogens (tertiary/aromatic N) is 3. The fourth-order valence-corrected chi connectivity index (χ4v) is 4.29. The highest BCUT2D eigenvalue weighted by molar-refractivity contribution is 5.78. The Kier molecular flexibility index (Phi) is 13.8. The molecule has 0 unspecified atom stereocenters. The summed E-state index contributed by atoms with van der Waals surface area (Å²) < 4.78 is 0. The number of likely N-dealkylation sites (tertiary alicyclic amines) is 1. The van der Waals surface area contributed by atoms with Gasteiger partial charge in [0, 0.05) is 12.6 Å². The van der Waals surface area contributed by atoms with Gasteiger partial charge in [0.05, 0.1) is 6.54 Å². The number of carbonyl (C=O) groups is 1. The van der Waals surface area contributed by atoms with E-state index >= 15 is 0 Å². The van der Waals surface area contributed by atoms with Crippen LogP contribution in [0.4, 0.5) is 0 Å². The number of rotatable bonds is 10. The van der Waals surface area contributed by atoms with Gasteiger partial charge in [-0.3, -0.25) is 9.69 Å². The van der Waals surface area contributed by atoms with Crippen molar-refractivity contribution in [2.75, 3.05) is 58.9 Å². The molecule has 2 heterocycles. The highest BCUT2D eigenvalue weighted by atomic mass is 16.2. The molecule has 5 nitrogen and oxygen atoms in total. The average molecular weight is 397 g/mol. The van der Waals surface area contributed by atoms with Crippen molar-refractivity contribution in [2.24, 2.45) is 5.92 Å². The summed E-state index contributed by atoms with van der Waals surface area (Å²) in [6.07, 6.45) is 7.02. The zero-order valence-corrected chi connectivity index (χ0v) is 19.5. The Hall–Kier alpha value is -0.650. The SMILES string of the molecule is CC.CCN(CC)CCCCN(C(=O)CN1CCC(C)CC1)C1CCNCC1. The van der Waals surface area contributed by atoms with Gasteiger partial charge < -0.3 is 15.1 Å². The summed E-state index contributed by atoms with van der Waals surface area (Å²) >= 11 is 0.